The summed E-state index contributed by atoms with van der Waals surface area (Å²) in [5.41, 5.74) is 5.41. The van der Waals surface area contributed by atoms with Gasteiger partial charge in [0.2, 0.25) is 0 Å². The minimum atomic E-state index is -0.455. The highest BCUT2D eigenvalue weighted by Crippen LogP contribution is 2.27. The lowest BCUT2D eigenvalue weighted by Gasteiger charge is -2.14. The van der Waals surface area contributed by atoms with Gasteiger partial charge in [0.1, 0.15) is 5.75 Å². The van der Waals surface area contributed by atoms with Gasteiger partial charge in [-0.15, -0.1) is 10.2 Å². The highest BCUT2D eigenvalue weighted by molar-refractivity contribution is 8.00. The molecule has 5 rings (SSSR count). The van der Waals surface area contributed by atoms with Gasteiger partial charge in [0.25, 0.3) is 5.91 Å². The molecule has 39 heavy (non-hydrogen) atoms. The van der Waals surface area contributed by atoms with Crippen LogP contribution in [0.15, 0.2) is 107 Å². The van der Waals surface area contributed by atoms with Gasteiger partial charge >= 0.3 is 0 Å². The van der Waals surface area contributed by atoms with Gasteiger partial charge in [0.05, 0.1) is 25.1 Å². The SMILES string of the molecule is COc1ccc(/C=N\NC(=O)[C@H](C)Sc2nnc(CNc3cccc4ccccc34)n2-c2ccccc2)cc1. The summed E-state index contributed by atoms with van der Waals surface area (Å²) in [7, 11) is 1.62. The second kappa shape index (κ2) is 12.3. The number of benzene rings is 4. The second-order valence-corrected chi connectivity index (χ2v) is 10.0. The molecule has 0 spiro atoms. The van der Waals surface area contributed by atoms with Crippen LogP contribution in [0.5, 0.6) is 5.75 Å². The number of hydrazone groups is 1. The molecule has 0 fully saturated rings. The Morgan fingerprint density at radius 3 is 2.51 bits per heavy atom. The van der Waals surface area contributed by atoms with Crippen LogP contribution in [-0.4, -0.2) is 39.2 Å². The lowest BCUT2D eigenvalue weighted by molar-refractivity contribution is -0.120. The fourth-order valence-electron chi connectivity index (χ4n) is 4.04. The van der Waals surface area contributed by atoms with Crippen molar-refractivity contribution in [3.05, 3.63) is 108 Å². The highest BCUT2D eigenvalue weighted by atomic mass is 32.2. The first-order valence-electron chi connectivity index (χ1n) is 12.5. The number of hydrogen-bond acceptors (Lipinski definition) is 7. The molecule has 1 amide bonds. The third kappa shape index (κ3) is 6.27. The number of amides is 1. The third-order valence-electron chi connectivity index (χ3n) is 6.10. The first kappa shape index (κ1) is 26.0. The van der Waals surface area contributed by atoms with Gasteiger partial charge < -0.3 is 10.1 Å². The molecule has 5 aromatic rings. The molecule has 4 aromatic carbocycles. The number of rotatable bonds is 10. The summed E-state index contributed by atoms with van der Waals surface area (Å²) >= 11 is 1.33. The van der Waals surface area contributed by atoms with Crippen molar-refractivity contribution in [1.29, 1.82) is 0 Å². The molecule has 0 saturated carbocycles. The smallest absolute Gasteiger partial charge is 0.253 e. The van der Waals surface area contributed by atoms with Crippen molar-refractivity contribution in [3.8, 4) is 11.4 Å². The number of nitrogens with zero attached hydrogens (tertiary/aromatic N) is 4. The summed E-state index contributed by atoms with van der Waals surface area (Å²) < 4.78 is 7.14. The van der Waals surface area contributed by atoms with E-state index in [1.165, 1.54) is 11.8 Å². The molecule has 1 atom stereocenters. The van der Waals surface area contributed by atoms with Crippen molar-refractivity contribution in [2.45, 2.75) is 23.9 Å². The Balaban J connectivity index is 1.31. The molecule has 196 valence electrons. The molecule has 0 unspecified atom stereocenters. The maximum Gasteiger partial charge on any atom is 0.253 e. The lowest BCUT2D eigenvalue weighted by atomic mass is 10.1. The number of carbonyl (C=O) groups is 1. The van der Waals surface area contributed by atoms with Crippen LogP contribution < -0.4 is 15.5 Å². The molecule has 1 heterocycles. The Hall–Kier alpha value is -4.63. The van der Waals surface area contributed by atoms with E-state index < -0.39 is 5.25 Å². The monoisotopic (exact) mass is 536 g/mol. The number of nitrogens with one attached hydrogen (secondary N) is 2. The Labute approximate surface area is 231 Å². The van der Waals surface area contributed by atoms with Crippen LogP contribution in [0.2, 0.25) is 0 Å². The minimum Gasteiger partial charge on any atom is -0.497 e. The number of para-hydroxylation sites is 1. The number of thioether (sulfide) groups is 1. The zero-order valence-electron chi connectivity index (χ0n) is 21.6. The van der Waals surface area contributed by atoms with Gasteiger partial charge in [-0.1, -0.05) is 66.4 Å². The van der Waals surface area contributed by atoms with Gasteiger partial charge in [0.15, 0.2) is 11.0 Å². The maximum atomic E-state index is 12.8. The molecule has 8 nitrogen and oxygen atoms in total. The van der Waals surface area contributed by atoms with E-state index in [9.17, 15) is 4.79 Å². The normalized spacial score (nSPS) is 11.9. The van der Waals surface area contributed by atoms with E-state index in [0.29, 0.717) is 11.7 Å². The van der Waals surface area contributed by atoms with Crippen LogP contribution in [-0.2, 0) is 11.3 Å². The van der Waals surface area contributed by atoms with Gasteiger partial charge in [-0.2, -0.15) is 5.10 Å². The summed E-state index contributed by atoms with van der Waals surface area (Å²) in [5.74, 6) is 1.26. The average Bonchev–Trinajstić information content (AvgIpc) is 3.38. The number of hydrogen-bond donors (Lipinski definition) is 2. The van der Waals surface area contributed by atoms with Gasteiger partial charge in [-0.05, 0) is 60.3 Å². The Bertz CT molecular complexity index is 1580. The lowest BCUT2D eigenvalue weighted by Crippen LogP contribution is -2.27. The number of anilines is 1. The van der Waals surface area contributed by atoms with E-state index in [-0.39, 0.29) is 5.91 Å². The zero-order valence-corrected chi connectivity index (χ0v) is 22.4. The molecule has 0 saturated heterocycles. The van der Waals surface area contributed by atoms with Crippen LogP contribution in [0.3, 0.4) is 0 Å². The van der Waals surface area contributed by atoms with E-state index in [1.54, 1.807) is 13.3 Å². The first-order chi connectivity index (χ1) is 19.1. The van der Waals surface area contributed by atoms with Gasteiger partial charge in [-0.25, -0.2) is 5.43 Å². The van der Waals surface area contributed by atoms with Crippen molar-refractivity contribution >= 4 is 40.3 Å². The molecule has 0 aliphatic rings. The fraction of sp³-hybridized carbons (Fsp3) is 0.133. The number of ether oxygens (including phenoxy) is 1. The van der Waals surface area contributed by atoms with Crippen LogP contribution in [0.4, 0.5) is 5.69 Å². The molecule has 1 aromatic heterocycles. The maximum absolute atomic E-state index is 12.8. The summed E-state index contributed by atoms with van der Waals surface area (Å²) in [6.45, 7) is 2.28. The number of aromatic nitrogens is 3. The second-order valence-electron chi connectivity index (χ2n) is 8.72. The standard InChI is InChI=1S/C30H28N6O2S/c1-21(29(37)34-32-19-22-15-17-25(38-2)18-16-22)39-30-35-33-28(36(30)24-11-4-3-5-12-24)20-31-27-14-8-10-23-9-6-7-13-26(23)27/h3-19,21,31H,20H2,1-2H3,(H,34,37)/b32-19-/t21-/m0/s1. The predicted octanol–water partition coefficient (Wildman–Crippen LogP) is 5.67. The van der Waals surface area contributed by atoms with E-state index in [4.69, 9.17) is 4.74 Å². The Kier molecular flexibility index (Phi) is 8.18. The molecular weight excluding hydrogens is 508 g/mol. The topological polar surface area (TPSA) is 93.4 Å². The fourth-order valence-corrected chi connectivity index (χ4v) is 4.92. The van der Waals surface area contributed by atoms with Gasteiger partial charge in [-0.3, -0.25) is 9.36 Å². The summed E-state index contributed by atoms with van der Waals surface area (Å²) in [6.07, 6.45) is 1.60. The van der Waals surface area contributed by atoms with Crippen LogP contribution in [0.1, 0.15) is 18.3 Å². The summed E-state index contributed by atoms with van der Waals surface area (Å²) in [5, 5.41) is 19.0. The largest absolute Gasteiger partial charge is 0.497 e. The minimum absolute atomic E-state index is 0.234. The van der Waals surface area contributed by atoms with Gasteiger partial charge in [0, 0.05) is 16.8 Å². The van der Waals surface area contributed by atoms with Crippen molar-refractivity contribution in [1.82, 2.24) is 20.2 Å². The molecule has 9 heteroatoms. The molecular formula is C30H28N6O2S. The summed E-state index contributed by atoms with van der Waals surface area (Å²) in [6, 6.07) is 31.7. The van der Waals surface area contributed by atoms with Crippen LogP contribution in [0.25, 0.3) is 16.5 Å². The Morgan fingerprint density at radius 1 is 0.974 bits per heavy atom. The van der Waals surface area contributed by atoms with E-state index >= 15 is 0 Å². The van der Waals surface area contributed by atoms with Crippen molar-refractivity contribution in [2.24, 2.45) is 5.10 Å². The molecule has 2 N–H and O–H groups in total. The Morgan fingerprint density at radius 2 is 1.72 bits per heavy atom. The molecule has 0 aliphatic carbocycles. The van der Waals surface area contributed by atoms with E-state index in [1.807, 2.05) is 84.3 Å². The van der Waals surface area contributed by atoms with Crippen molar-refractivity contribution < 1.29 is 9.53 Å². The number of methoxy groups -OCH3 is 1. The number of carbonyl (C=O) groups excluding carboxylic acids is 1. The molecule has 0 aliphatic heterocycles. The predicted molar refractivity (Wildman–Crippen MR) is 157 cm³/mol. The van der Waals surface area contributed by atoms with Crippen LogP contribution >= 0.6 is 11.8 Å². The third-order valence-corrected chi connectivity index (χ3v) is 7.14. The molecule has 0 bridgehead atoms. The van der Waals surface area contributed by atoms with Crippen molar-refractivity contribution in [2.75, 3.05) is 12.4 Å². The number of fused-ring (bicyclic) bond motifs is 1. The molecule has 0 radical (unpaired) electrons. The zero-order chi connectivity index (χ0) is 27.0. The highest BCUT2D eigenvalue weighted by Gasteiger charge is 2.21. The summed E-state index contributed by atoms with van der Waals surface area (Å²) in [4.78, 5) is 12.8. The van der Waals surface area contributed by atoms with Crippen molar-refractivity contribution in [3.63, 3.8) is 0 Å². The quantitative estimate of drug-likeness (QED) is 0.136. The van der Waals surface area contributed by atoms with E-state index in [2.05, 4.69) is 50.3 Å². The first-order valence-corrected chi connectivity index (χ1v) is 13.4. The average molecular weight is 537 g/mol. The van der Waals surface area contributed by atoms with Crippen LogP contribution in [0, 0.1) is 0 Å². The van der Waals surface area contributed by atoms with E-state index in [0.717, 1.165) is 39.3 Å².